The molecule has 1 unspecified atom stereocenters. The minimum atomic E-state index is -0.129. The van der Waals surface area contributed by atoms with Crippen LogP contribution in [0.15, 0.2) is 0 Å². The topological polar surface area (TPSA) is 29.5 Å². The molecule has 0 amide bonds. The summed E-state index contributed by atoms with van der Waals surface area (Å²) in [4.78, 5) is 13.3. The van der Waals surface area contributed by atoms with Crippen molar-refractivity contribution in [2.24, 2.45) is 0 Å². The average Bonchev–Trinajstić information content (AvgIpc) is 2.27. The summed E-state index contributed by atoms with van der Waals surface area (Å²) in [7, 11) is 3.40. The second kappa shape index (κ2) is 3.26. The van der Waals surface area contributed by atoms with Crippen molar-refractivity contribution in [2.75, 3.05) is 19.9 Å². The molecule has 0 spiro atoms. The molecule has 4 heteroatoms. The lowest BCUT2D eigenvalue weighted by Crippen LogP contribution is -2.43. The number of likely N-dealkylation sites (N-methyl/N-ethyl adjacent to an activating group) is 1. The molecular weight excluding hydrogens is 174 g/mol. The lowest BCUT2D eigenvalue weighted by Gasteiger charge is -2.29. The number of esters is 1. The van der Waals surface area contributed by atoms with Crippen molar-refractivity contribution >= 4 is 17.7 Å². The molecule has 1 aliphatic rings. The number of carbonyl (C=O) groups is 1. The molecule has 1 fully saturated rings. The van der Waals surface area contributed by atoms with Crippen LogP contribution in [-0.4, -0.2) is 41.7 Å². The van der Waals surface area contributed by atoms with Gasteiger partial charge in [0.05, 0.1) is 12.0 Å². The molecule has 0 aliphatic carbocycles. The van der Waals surface area contributed by atoms with Gasteiger partial charge in [0.2, 0.25) is 0 Å². The molecular formula is C8H15NO2S. The number of hydrogen-bond donors (Lipinski definition) is 0. The monoisotopic (exact) mass is 189 g/mol. The van der Waals surface area contributed by atoms with Crippen molar-refractivity contribution in [1.82, 2.24) is 4.90 Å². The SMILES string of the molecule is COC(=O)C1CSC(C)(C)N1C. The first-order valence-electron chi connectivity index (χ1n) is 3.94. The zero-order chi connectivity index (χ0) is 9.35. The van der Waals surface area contributed by atoms with E-state index in [9.17, 15) is 4.79 Å². The summed E-state index contributed by atoms with van der Waals surface area (Å²) >= 11 is 1.78. The number of nitrogens with zero attached hydrogens (tertiary/aromatic N) is 1. The number of carbonyl (C=O) groups excluding carboxylic acids is 1. The molecule has 1 atom stereocenters. The number of methoxy groups -OCH3 is 1. The van der Waals surface area contributed by atoms with Crippen molar-refractivity contribution in [3.63, 3.8) is 0 Å². The van der Waals surface area contributed by atoms with Crippen LogP contribution in [0.3, 0.4) is 0 Å². The van der Waals surface area contributed by atoms with Gasteiger partial charge in [0.15, 0.2) is 0 Å². The van der Waals surface area contributed by atoms with Crippen LogP contribution < -0.4 is 0 Å². The number of thioether (sulfide) groups is 1. The van der Waals surface area contributed by atoms with Crippen LogP contribution in [0.4, 0.5) is 0 Å². The van der Waals surface area contributed by atoms with E-state index < -0.39 is 0 Å². The smallest absolute Gasteiger partial charge is 0.323 e. The minimum absolute atomic E-state index is 0.0544. The van der Waals surface area contributed by atoms with Gasteiger partial charge in [0, 0.05) is 5.75 Å². The Balaban J connectivity index is 2.67. The second-order valence-corrected chi connectivity index (χ2v) is 5.03. The van der Waals surface area contributed by atoms with Crippen molar-refractivity contribution in [1.29, 1.82) is 0 Å². The molecule has 70 valence electrons. The molecule has 0 aromatic carbocycles. The van der Waals surface area contributed by atoms with E-state index in [-0.39, 0.29) is 16.9 Å². The van der Waals surface area contributed by atoms with E-state index in [1.54, 1.807) is 11.8 Å². The zero-order valence-electron chi connectivity index (χ0n) is 7.96. The summed E-state index contributed by atoms with van der Waals surface area (Å²) in [5, 5.41) is 0. The Hall–Kier alpha value is -0.220. The summed E-state index contributed by atoms with van der Waals surface area (Å²) in [6.45, 7) is 4.22. The fourth-order valence-corrected chi connectivity index (χ4v) is 2.49. The van der Waals surface area contributed by atoms with Gasteiger partial charge in [0.1, 0.15) is 6.04 Å². The highest BCUT2D eigenvalue weighted by atomic mass is 32.2. The van der Waals surface area contributed by atoms with Gasteiger partial charge in [-0.2, -0.15) is 0 Å². The molecule has 1 saturated heterocycles. The summed E-state index contributed by atoms with van der Waals surface area (Å²) < 4.78 is 4.70. The van der Waals surface area contributed by atoms with Gasteiger partial charge in [-0.05, 0) is 20.9 Å². The first kappa shape index (κ1) is 9.86. The van der Waals surface area contributed by atoms with Crippen LogP contribution in [-0.2, 0) is 9.53 Å². The van der Waals surface area contributed by atoms with E-state index in [2.05, 4.69) is 18.7 Å². The Bertz CT molecular complexity index is 193. The molecule has 12 heavy (non-hydrogen) atoms. The normalized spacial score (nSPS) is 28.8. The first-order valence-corrected chi connectivity index (χ1v) is 4.92. The fourth-order valence-electron chi connectivity index (χ4n) is 1.23. The van der Waals surface area contributed by atoms with Crippen LogP contribution >= 0.6 is 11.8 Å². The number of hydrogen-bond acceptors (Lipinski definition) is 4. The lowest BCUT2D eigenvalue weighted by molar-refractivity contribution is -0.145. The van der Waals surface area contributed by atoms with Gasteiger partial charge in [-0.25, -0.2) is 0 Å². The van der Waals surface area contributed by atoms with Crippen LogP contribution in [0.5, 0.6) is 0 Å². The van der Waals surface area contributed by atoms with Crippen molar-refractivity contribution < 1.29 is 9.53 Å². The Morgan fingerprint density at radius 3 is 2.58 bits per heavy atom. The third kappa shape index (κ3) is 1.59. The van der Waals surface area contributed by atoms with E-state index >= 15 is 0 Å². The maximum atomic E-state index is 11.2. The van der Waals surface area contributed by atoms with Gasteiger partial charge >= 0.3 is 5.97 Å². The maximum absolute atomic E-state index is 11.2. The molecule has 0 bridgehead atoms. The zero-order valence-corrected chi connectivity index (χ0v) is 8.77. The van der Waals surface area contributed by atoms with Crippen molar-refractivity contribution in [3.8, 4) is 0 Å². The van der Waals surface area contributed by atoms with E-state index in [0.29, 0.717) is 0 Å². The summed E-state index contributed by atoms with van der Waals surface area (Å²) in [5.41, 5.74) is 0. The van der Waals surface area contributed by atoms with Gasteiger partial charge in [-0.1, -0.05) is 0 Å². The van der Waals surface area contributed by atoms with E-state index in [1.807, 2.05) is 7.05 Å². The van der Waals surface area contributed by atoms with Crippen LogP contribution in [0.1, 0.15) is 13.8 Å². The number of ether oxygens (including phenoxy) is 1. The molecule has 3 nitrogen and oxygen atoms in total. The highest BCUT2D eigenvalue weighted by Gasteiger charge is 2.41. The molecule has 1 rings (SSSR count). The Labute approximate surface area is 77.4 Å². The highest BCUT2D eigenvalue weighted by molar-refractivity contribution is 8.00. The quantitative estimate of drug-likeness (QED) is 0.574. The average molecular weight is 189 g/mol. The predicted molar refractivity (Wildman–Crippen MR) is 50.1 cm³/mol. The summed E-state index contributed by atoms with van der Waals surface area (Å²) in [6, 6.07) is -0.0741. The summed E-state index contributed by atoms with van der Waals surface area (Å²) in [6.07, 6.45) is 0. The fraction of sp³-hybridized carbons (Fsp3) is 0.875. The molecule has 0 saturated carbocycles. The molecule has 0 aromatic rings. The Morgan fingerprint density at radius 1 is 1.67 bits per heavy atom. The number of rotatable bonds is 1. The van der Waals surface area contributed by atoms with Gasteiger partial charge in [-0.3, -0.25) is 9.69 Å². The molecule has 1 heterocycles. The molecule has 0 aromatic heterocycles. The predicted octanol–water partition coefficient (Wildman–Crippen LogP) is 0.943. The second-order valence-electron chi connectivity index (χ2n) is 3.41. The standard InChI is InChI=1S/C8H15NO2S/c1-8(2)9(3)6(5-12-8)7(10)11-4/h6H,5H2,1-4H3. The van der Waals surface area contributed by atoms with Crippen molar-refractivity contribution in [3.05, 3.63) is 0 Å². The van der Waals surface area contributed by atoms with Crippen molar-refractivity contribution in [2.45, 2.75) is 24.8 Å². The third-order valence-electron chi connectivity index (χ3n) is 2.38. The molecule has 0 N–H and O–H groups in total. The van der Waals surface area contributed by atoms with E-state index in [0.717, 1.165) is 5.75 Å². The van der Waals surface area contributed by atoms with Crippen LogP contribution in [0.25, 0.3) is 0 Å². The first-order chi connectivity index (χ1) is 5.49. The van der Waals surface area contributed by atoms with Gasteiger partial charge < -0.3 is 4.74 Å². The third-order valence-corrected chi connectivity index (χ3v) is 3.86. The molecule has 1 aliphatic heterocycles. The maximum Gasteiger partial charge on any atom is 0.323 e. The van der Waals surface area contributed by atoms with E-state index in [4.69, 9.17) is 4.74 Å². The minimum Gasteiger partial charge on any atom is -0.468 e. The largest absolute Gasteiger partial charge is 0.468 e. The van der Waals surface area contributed by atoms with E-state index in [1.165, 1.54) is 7.11 Å². The highest BCUT2D eigenvalue weighted by Crippen LogP contribution is 2.37. The molecule has 0 radical (unpaired) electrons. The summed E-state index contributed by atoms with van der Waals surface area (Å²) in [5.74, 6) is 0.700. The van der Waals surface area contributed by atoms with Gasteiger partial charge in [-0.15, -0.1) is 11.8 Å². The Kier molecular flexibility index (Phi) is 2.68. The lowest BCUT2D eigenvalue weighted by atomic mass is 10.2. The van der Waals surface area contributed by atoms with Crippen LogP contribution in [0, 0.1) is 0 Å². The van der Waals surface area contributed by atoms with Crippen LogP contribution in [0.2, 0.25) is 0 Å². The van der Waals surface area contributed by atoms with Gasteiger partial charge in [0.25, 0.3) is 0 Å². The Morgan fingerprint density at radius 2 is 2.25 bits per heavy atom.